The van der Waals surface area contributed by atoms with E-state index < -0.39 is 16.6 Å². The Hall–Kier alpha value is 0.154. The van der Waals surface area contributed by atoms with Crippen molar-refractivity contribution in [1.29, 1.82) is 0 Å². The standard InChI is InChI=1S/C17H30Cl2O2Si2/c1-12(2)16(20-22(3,4)5)17(21-23(6,7)8)15-13(18)10-9-11-14(15)19/h9-12,16-17H,1-8H3/t16-,17-/m0/s1. The van der Waals surface area contributed by atoms with E-state index in [1.54, 1.807) is 0 Å². The normalized spacial score (nSPS) is 15.8. The van der Waals surface area contributed by atoms with Crippen molar-refractivity contribution >= 4 is 39.8 Å². The molecule has 1 aromatic rings. The molecular weight excluding hydrogens is 363 g/mol. The summed E-state index contributed by atoms with van der Waals surface area (Å²) < 4.78 is 13.0. The van der Waals surface area contributed by atoms with Crippen LogP contribution in [0.3, 0.4) is 0 Å². The molecule has 132 valence electrons. The van der Waals surface area contributed by atoms with Gasteiger partial charge in [0.05, 0.1) is 12.2 Å². The lowest BCUT2D eigenvalue weighted by atomic mass is 9.96. The van der Waals surface area contributed by atoms with Gasteiger partial charge in [0.2, 0.25) is 0 Å². The van der Waals surface area contributed by atoms with Crippen molar-refractivity contribution in [3.05, 3.63) is 33.8 Å². The van der Waals surface area contributed by atoms with Crippen LogP contribution in [0.4, 0.5) is 0 Å². The second-order valence-electron chi connectivity index (χ2n) is 8.23. The van der Waals surface area contributed by atoms with Crippen molar-refractivity contribution in [3.63, 3.8) is 0 Å². The van der Waals surface area contributed by atoms with Gasteiger partial charge in [0, 0.05) is 15.6 Å². The van der Waals surface area contributed by atoms with Crippen LogP contribution < -0.4 is 0 Å². The highest BCUT2D eigenvalue weighted by Crippen LogP contribution is 2.40. The Morgan fingerprint density at radius 1 is 0.826 bits per heavy atom. The zero-order valence-electron chi connectivity index (χ0n) is 15.5. The molecule has 0 heterocycles. The molecule has 0 aliphatic rings. The van der Waals surface area contributed by atoms with E-state index in [0.29, 0.717) is 16.0 Å². The molecule has 2 nitrogen and oxygen atoms in total. The molecule has 0 aliphatic carbocycles. The van der Waals surface area contributed by atoms with Gasteiger partial charge in [0.1, 0.15) is 0 Å². The van der Waals surface area contributed by atoms with Gasteiger partial charge in [-0.25, -0.2) is 0 Å². The fraction of sp³-hybridized carbons (Fsp3) is 0.647. The van der Waals surface area contributed by atoms with Crippen LogP contribution in [0.25, 0.3) is 0 Å². The van der Waals surface area contributed by atoms with E-state index in [0.717, 1.165) is 5.56 Å². The Morgan fingerprint density at radius 2 is 1.26 bits per heavy atom. The Labute approximate surface area is 153 Å². The van der Waals surface area contributed by atoms with Gasteiger partial charge in [-0.1, -0.05) is 43.1 Å². The minimum atomic E-state index is -1.81. The van der Waals surface area contributed by atoms with Crippen molar-refractivity contribution in [3.8, 4) is 0 Å². The predicted molar refractivity (Wildman–Crippen MR) is 107 cm³/mol. The van der Waals surface area contributed by atoms with Crippen LogP contribution in [-0.2, 0) is 8.85 Å². The second-order valence-corrected chi connectivity index (χ2v) is 18.0. The summed E-state index contributed by atoms with van der Waals surface area (Å²) in [5.41, 5.74) is 0.857. The van der Waals surface area contributed by atoms with E-state index in [1.165, 1.54) is 0 Å². The fourth-order valence-corrected chi connectivity index (χ4v) is 5.25. The summed E-state index contributed by atoms with van der Waals surface area (Å²) in [4.78, 5) is 0. The van der Waals surface area contributed by atoms with Gasteiger partial charge in [-0.3, -0.25) is 0 Å². The van der Waals surface area contributed by atoms with Crippen LogP contribution in [0, 0.1) is 5.92 Å². The van der Waals surface area contributed by atoms with Gasteiger partial charge in [0.15, 0.2) is 16.6 Å². The third-order valence-electron chi connectivity index (χ3n) is 3.21. The first-order chi connectivity index (χ1) is 10.3. The van der Waals surface area contributed by atoms with E-state index >= 15 is 0 Å². The molecule has 0 saturated heterocycles. The quantitative estimate of drug-likeness (QED) is 0.476. The molecule has 0 unspecified atom stereocenters. The molecule has 6 heteroatoms. The summed E-state index contributed by atoms with van der Waals surface area (Å²) in [6.45, 7) is 17.4. The van der Waals surface area contributed by atoms with Gasteiger partial charge >= 0.3 is 0 Å². The van der Waals surface area contributed by atoms with Crippen LogP contribution in [0.1, 0.15) is 25.5 Å². The number of hydrogen-bond acceptors (Lipinski definition) is 2. The average Bonchev–Trinajstić information content (AvgIpc) is 2.31. The molecule has 2 atom stereocenters. The molecule has 0 saturated carbocycles. The highest BCUT2D eigenvalue weighted by molar-refractivity contribution is 6.70. The van der Waals surface area contributed by atoms with Gasteiger partial charge < -0.3 is 8.85 Å². The van der Waals surface area contributed by atoms with Crippen LogP contribution in [0.15, 0.2) is 18.2 Å². The number of halogens is 2. The van der Waals surface area contributed by atoms with Crippen LogP contribution >= 0.6 is 23.2 Å². The van der Waals surface area contributed by atoms with Crippen LogP contribution in [0.5, 0.6) is 0 Å². The molecule has 23 heavy (non-hydrogen) atoms. The largest absolute Gasteiger partial charge is 0.412 e. The SMILES string of the molecule is CC(C)[C@H](O[Si](C)(C)C)[C@@H](O[Si](C)(C)C)c1c(Cl)cccc1Cl. The van der Waals surface area contributed by atoms with E-state index in [-0.39, 0.29) is 12.2 Å². The molecule has 0 spiro atoms. The number of rotatable bonds is 7. The molecule has 0 radical (unpaired) electrons. The third-order valence-corrected chi connectivity index (χ3v) is 5.81. The summed E-state index contributed by atoms with van der Waals surface area (Å²) in [6, 6.07) is 5.61. The Balaban J connectivity index is 3.38. The molecule has 1 rings (SSSR count). The molecule has 0 fully saturated rings. The Kier molecular flexibility index (Phi) is 7.39. The fourth-order valence-electron chi connectivity index (χ4n) is 2.41. The van der Waals surface area contributed by atoms with Crippen molar-refractivity contribution in [2.45, 2.75) is 65.3 Å². The molecule has 0 bridgehead atoms. The Bertz CT molecular complexity index is 502. The van der Waals surface area contributed by atoms with E-state index in [9.17, 15) is 0 Å². The molecule has 0 amide bonds. The van der Waals surface area contributed by atoms with Gasteiger partial charge in [-0.2, -0.15) is 0 Å². The van der Waals surface area contributed by atoms with Gasteiger partial charge in [0.25, 0.3) is 0 Å². The summed E-state index contributed by atoms with van der Waals surface area (Å²) in [5.74, 6) is 0.301. The first kappa shape index (κ1) is 21.2. The summed E-state index contributed by atoms with van der Waals surface area (Å²) >= 11 is 13.0. The predicted octanol–water partition coefficient (Wildman–Crippen LogP) is 6.76. The van der Waals surface area contributed by atoms with E-state index in [2.05, 4.69) is 53.1 Å². The average molecular weight is 394 g/mol. The highest BCUT2D eigenvalue weighted by atomic mass is 35.5. The maximum absolute atomic E-state index is 6.52. The second kappa shape index (κ2) is 8.02. The number of benzene rings is 1. The lowest BCUT2D eigenvalue weighted by molar-refractivity contribution is 0.0140. The lowest BCUT2D eigenvalue weighted by Crippen LogP contribution is -2.42. The van der Waals surface area contributed by atoms with Crippen molar-refractivity contribution < 1.29 is 8.85 Å². The van der Waals surface area contributed by atoms with Crippen molar-refractivity contribution in [2.75, 3.05) is 0 Å². The lowest BCUT2D eigenvalue weighted by Gasteiger charge is -2.39. The third kappa shape index (κ3) is 6.88. The zero-order chi connectivity index (χ0) is 18.0. The first-order valence-electron chi connectivity index (χ1n) is 8.11. The van der Waals surface area contributed by atoms with E-state index in [1.807, 2.05) is 18.2 Å². The van der Waals surface area contributed by atoms with Gasteiger partial charge in [-0.05, 0) is 57.3 Å². The topological polar surface area (TPSA) is 18.5 Å². The molecule has 0 aliphatic heterocycles. The van der Waals surface area contributed by atoms with Crippen molar-refractivity contribution in [2.24, 2.45) is 5.92 Å². The molecule has 0 N–H and O–H groups in total. The molecular formula is C17H30Cl2O2Si2. The van der Waals surface area contributed by atoms with Gasteiger partial charge in [-0.15, -0.1) is 0 Å². The first-order valence-corrected chi connectivity index (χ1v) is 15.7. The smallest absolute Gasteiger partial charge is 0.184 e. The maximum Gasteiger partial charge on any atom is 0.184 e. The van der Waals surface area contributed by atoms with Crippen LogP contribution in [-0.4, -0.2) is 22.7 Å². The molecule has 0 aromatic heterocycles. The Morgan fingerprint density at radius 3 is 1.61 bits per heavy atom. The highest BCUT2D eigenvalue weighted by Gasteiger charge is 2.37. The van der Waals surface area contributed by atoms with E-state index in [4.69, 9.17) is 32.1 Å². The summed E-state index contributed by atoms with van der Waals surface area (Å²) in [5, 5.41) is 1.29. The molecule has 1 aromatic carbocycles. The minimum Gasteiger partial charge on any atom is -0.412 e. The minimum absolute atomic E-state index is 0.0641. The zero-order valence-corrected chi connectivity index (χ0v) is 19.0. The van der Waals surface area contributed by atoms with Crippen molar-refractivity contribution in [1.82, 2.24) is 0 Å². The monoisotopic (exact) mass is 392 g/mol. The summed E-state index contributed by atoms with van der Waals surface area (Å²) in [7, 11) is -3.55. The number of hydrogen-bond donors (Lipinski definition) is 0. The maximum atomic E-state index is 6.52. The van der Waals surface area contributed by atoms with Crippen LogP contribution in [0.2, 0.25) is 49.3 Å². The summed E-state index contributed by atoms with van der Waals surface area (Å²) in [6.07, 6.45) is -0.305.